The highest BCUT2D eigenvalue weighted by Gasteiger charge is 2.10. The van der Waals surface area contributed by atoms with Crippen molar-refractivity contribution >= 4 is 12.4 Å². The Balaban J connectivity index is 0.00000225. The Hall–Kier alpha value is -0.530. The fourth-order valence-corrected chi connectivity index (χ4v) is 2.17. The number of unbranched alkanes of at least 4 members (excludes halogenated alkanes) is 2. The smallest absolute Gasteiger partial charge is 0.0300 e. The molecule has 16 heavy (non-hydrogen) atoms. The number of aryl methyl sites for hydroxylation is 2. The lowest BCUT2D eigenvalue weighted by Crippen LogP contribution is -2.13. The largest absolute Gasteiger partial charge is 0.324 e. The van der Waals surface area contributed by atoms with Crippen molar-refractivity contribution in [3.05, 3.63) is 34.9 Å². The van der Waals surface area contributed by atoms with E-state index < -0.39 is 0 Å². The first-order valence-electron chi connectivity index (χ1n) is 5.98. The molecule has 1 aromatic rings. The van der Waals surface area contributed by atoms with Gasteiger partial charge in [-0.1, -0.05) is 44.4 Å². The second-order valence-electron chi connectivity index (χ2n) is 4.41. The van der Waals surface area contributed by atoms with E-state index in [2.05, 4.69) is 39.0 Å². The minimum atomic E-state index is 0. The molecule has 0 amide bonds. The summed E-state index contributed by atoms with van der Waals surface area (Å²) >= 11 is 0. The molecule has 0 fully saturated rings. The zero-order chi connectivity index (χ0) is 11.3. The Kier molecular flexibility index (Phi) is 7.44. The van der Waals surface area contributed by atoms with Crippen molar-refractivity contribution < 1.29 is 0 Å². The van der Waals surface area contributed by atoms with Crippen LogP contribution in [0.25, 0.3) is 0 Å². The fourth-order valence-electron chi connectivity index (χ4n) is 2.17. The zero-order valence-corrected chi connectivity index (χ0v) is 11.4. The second kappa shape index (κ2) is 7.70. The third-order valence-electron chi connectivity index (χ3n) is 3.03. The summed E-state index contributed by atoms with van der Waals surface area (Å²) < 4.78 is 0. The summed E-state index contributed by atoms with van der Waals surface area (Å²) in [6.45, 7) is 6.54. The summed E-state index contributed by atoms with van der Waals surface area (Å²) in [5.41, 5.74) is 10.3. The van der Waals surface area contributed by atoms with Crippen LogP contribution < -0.4 is 5.73 Å². The molecule has 0 saturated heterocycles. The van der Waals surface area contributed by atoms with Crippen molar-refractivity contribution in [1.82, 2.24) is 0 Å². The van der Waals surface area contributed by atoms with E-state index >= 15 is 0 Å². The van der Waals surface area contributed by atoms with Gasteiger partial charge < -0.3 is 5.73 Å². The summed E-state index contributed by atoms with van der Waals surface area (Å²) in [6, 6.07) is 6.63. The Morgan fingerprint density at radius 1 is 1.12 bits per heavy atom. The minimum Gasteiger partial charge on any atom is -0.324 e. The highest BCUT2D eigenvalue weighted by Crippen LogP contribution is 2.24. The molecule has 0 radical (unpaired) electrons. The SMILES string of the molecule is CCCCC[C@@H](N)c1c(C)cccc1C.Cl. The monoisotopic (exact) mass is 241 g/mol. The summed E-state index contributed by atoms with van der Waals surface area (Å²) in [5.74, 6) is 0. The van der Waals surface area contributed by atoms with E-state index in [0.29, 0.717) is 0 Å². The van der Waals surface area contributed by atoms with Crippen molar-refractivity contribution in [2.75, 3.05) is 0 Å². The standard InChI is InChI=1S/C14H23N.ClH/c1-4-5-6-10-13(15)14-11(2)8-7-9-12(14)3;/h7-9,13H,4-6,10,15H2,1-3H3;1H/t13-;/m1./s1. The molecule has 1 nitrogen and oxygen atoms in total. The highest BCUT2D eigenvalue weighted by atomic mass is 35.5. The quantitative estimate of drug-likeness (QED) is 0.764. The Morgan fingerprint density at radius 3 is 2.19 bits per heavy atom. The maximum absolute atomic E-state index is 6.24. The van der Waals surface area contributed by atoms with Gasteiger partial charge in [0.2, 0.25) is 0 Å². The van der Waals surface area contributed by atoms with Crippen LogP contribution in [0, 0.1) is 13.8 Å². The van der Waals surface area contributed by atoms with Crippen LogP contribution in [-0.2, 0) is 0 Å². The molecule has 0 heterocycles. The summed E-state index contributed by atoms with van der Waals surface area (Å²) in [4.78, 5) is 0. The lowest BCUT2D eigenvalue weighted by molar-refractivity contribution is 0.577. The van der Waals surface area contributed by atoms with Gasteiger partial charge in [0.15, 0.2) is 0 Å². The van der Waals surface area contributed by atoms with Crippen LogP contribution in [0.4, 0.5) is 0 Å². The van der Waals surface area contributed by atoms with Gasteiger partial charge in [-0.15, -0.1) is 12.4 Å². The Labute approximate surface area is 106 Å². The molecule has 2 N–H and O–H groups in total. The molecular weight excluding hydrogens is 218 g/mol. The molecule has 0 spiro atoms. The van der Waals surface area contributed by atoms with Crippen LogP contribution in [0.1, 0.15) is 55.3 Å². The van der Waals surface area contributed by atoms with E-state index in [0.717, 1.165) is 6.42 Å². The lowest BCUT2D eigenvalue weighted by Gasteiger charge is -2.17. The van der Waals surface area contributed by atoms with Gasteiger partial charge in [-0.2, -0.15) is 0 Å². The molecule has 92 valence electrons. The van der Waals surface area contributed by atoms with Crippen molar-refractivity contribution in [2.45, 2.75) is 52.5 Å². The average Bonchev–Trinajstić information content (AvgIpc) is 2.18. The minimum absolute atomic E-state index is 0. The van der Waals surface area contributed by atoms with Gasteiger partial charge in [-0.3, -0.25) is 0 Å². The molecule has 0 aliphatic heterocycles. The maximum Gasteiger partial charge on any atom is 0.0300 e. The van der Waals surface area contributed by atoms with Gasteiger partial charge in [-0.05, 0) is 37.0 Å². The third-order valence-corrected chi connectivity index (χ3v) is 3.03. The molecule has 0 unspecified atom stereocenters. The Morgan fingerprint density at radius 2 is 1.69 bits per heavy atom. The number of hydrogen-bond donors (Lipinski definition) is 1. The predicted molar refractivity (Wildman–Crippen MR) is 74.2 cm³/mol. The van der Waals surface area contributed by atoms with Gasteiger partial charge >= 0.3 is 0 Å². The normalized spacial score (nSPS) is 12.0. The first-order valence-corrected chi connectivity index (χ1v) is 5.98. The number of rotatable bonds is 5. The molecule has 1 atom stereocenters. The number of benzene rings is 1. The van der Waals surface area contributed by atoms with Crippen molar-refractivity contribution in [3.8, 4) is 0 Å². The highest BCUT2D eigenvalue weighted by molar-refractivity contribution is 5.85. The molecule has 2 heteroatoms. The number of halogens is 1. The van der Waals surface area contributed by atoms with Gasteiger partial charge in [-0.25, -0.2) is 0 Å². The zero-order valence-electron chi connectivity index (χ0n) is 10.6. The van der Waals surface area contributed by atoms with Crippen LogP contribution in [-0.4, -0.2) is 0 Å². The molecule has 0 aliphatic carbocycles. The first kappa shape index (κ1) is 15.5. The van der Waals surface area contributed by atoms with Gasteiger partial charge in [0.1, 0.15) is 0 Å². The Bertz CT molecular complexity index is 289. The third kappa shape index (κ3) is 4.15. The predicted octanol–water partition coefficient (Wildman–Crippen LogP) is 4.31. The van der Waals surface area contributed by atoms with Crippen LogP contribution in [0.5, 0.6) is 0 Å². The molecule has 0 aromatic heterocycles. The summed E-state index contributed by atoms with van der Waals surface area (Å²) in [7, 11) is 0. The topological polar surface area (TPSA) is 26.0 Å². The molecule has 0 saturated carbocycles. The number of hydrogen-bond acceptors (Lipinski definition) is 1. The van der Waals surface area contributed by atoms with Crippen LogP contribution in [0.2, 0.25) is 0 Å². The van der Waals surface area contributed by atoms with E-state index in [4.69, 9.17) is 5.73 Å². The maximum atomic E-state index is 6.24. The average molecular weight is 242 g/mol. The molecule has 1 aromatic carbocycles. The summed E-state index contributed by atoms with van der Waals surface area (Å²) in [5, 5.41) is 0. The van der Waals surface area contributed by atoms with Gasteiger partial charge in [0.25, 0.3) is 0 Å². The van der Waals surface area contributed by atoms with E-state index in [1.165, 1.54) is 36.0 Å². The van der Waals surface area contributed by atoms with Crippen molar-refractivity contribution in [3.63, 3.8) is 0 Å². The molecule has 0 bridgehead atoms. The summed E-state index contributed by atoms with van der Waals surface area (Å²) in [6.07, 6.45) is 4.91. The van der Waals surface area contributed by atoms with Crippen molar-refractivity contribution in [1.29, 1.82) is 0 Å². The molecular formula is C14H24ClN. The van der Waals surface area contributed by atoms with Gasteiger partial charge in [0.05, 0.1) is 0 Å². The first-order chi connectivity index (χ1) is 7.16. The van der Waals surface area contributed by atoms with Crippen LogP contribution in [0.15, 0.2) is 18.2 Å². The second-order valence-corrected chi connectivity index (χ2v) is 4.41. The van der Waals surface area contributed by atoms with E-state index in [-0.39, 0.29) is 18.4 Å². The van der Waals surface area contributed by atoms with E-state index in [1.54, 1.807) is 0 Å². The number of nitrogens with two attached hydrogens (primary N) is 1. The van der Waals surface area contributed by atoms with Crippen LogP contribution in [0.3, 0.4) is 0 Å². The van der Waals surface area contributed by atoms with E-state index in [1.807, 2.05) is 0 Å². The van der Waals surface area contributed by atoms with Gasteiger partial charge in [0, 0.05) is 6.04 Å². The molecule has 1 rings (SSSR count). The lowest BCUT2D eigenvalue weighted by atomic mass is 9.93. The van der Waals surface area contributed by atoms with E-state index in [9.17, 15) is 0 Å². The van der Waals surface area contributed by atoms with Crippen LogP contribution >= 0.6 is 12.4 Å². The van der Waals surface area contributed by atoms with Crippen molar-refractivity contribution in [2.24, 2.45) is 5.73 Å². The molecule has 0 aliphatic rings. The fraction of sp³-hybridized carbons (Fsp3) is 0.571.